The molecule has 7 heteroatoms. The summed E-state index contributed by atoms with van der Waals surface area (Å²) in [6.45, 7) is 1.96. The molecule has 1 aromatic heterocycles. The molecule has 0 saturated heterocycles. The monoisotopic (exact) mass is 492 g/mol. The van der Waals surface area contributed by atoms with Gasteiger partial charge < -0.3 is 15.0 Å². The first-order chi connectivity index (χ1) is 17.4. The molecule has 0 aliphatic carbocycles. The number of rotatable bonds is 7. The van der Waals surface area contributed by atoms with Crippen LogP contribution in [0.1, 0.15) is 49.1 Å². The Bertz CT molecular complexity index is 1380. The van der Waals surface area contributed by atoms with Gasteiger partial charge in [0.1, 0.15) is 23.6 Å². The van der Waals surface area contributed by atoms with E-state index in [1.165, 1.54) is 37.3 Å². The standard InChI is InChI=1S/C29H27F3N2O2/c1-17(35)36-27(19-7-11-21(31)12-8-19)4-2-3-22-15-26-24(16-33-22)28-23(13-14-25(32)29(28)34-26)18-5-9-20(30)10-6-18/h5-14,22,27,33-34H,2-4,15-16H2,1H3. The van der Waals surface area contributed by atoms with Crippen molar-refractivity contribution >= 4 is 16.9 Å². The van der Waals surface area contributed by atoms with Crippen LogP contribution in [-0.2, 0) is 22.5 Å². The van der Waals surface area contributed by atoms with Crippen molar-refractivity contribution in [1.82, 2.24) is 10.3 Å². The first-order valence-electron chi connectivity index (χ1n) is 12.1. The summed E-state index contributed by atoms with van der Waals surface area (Å²) >= 11 is 0. The number of nitrogens with one attached hydrogen (secondary N) is 2. The van der Waals surface area contributed by atoms with Crippen LogP contribution < -0.4 is 5.32 Å². The minimum Gasteiger partial charge on any atom is -0.458 e. The number of carbonyl (C=O) groups is 1. The van der Waals surface area contributed by atoms with Crippen LogP contribution in [0.15, 0.2) is 60.7 Å². The van der Waals surface area contributed by atoms with Gasteiger partial charge in [0.05, 0.1) is 5.52 Å². The maximum Gasteiger partial charge on any atom is 0.303 e. The zero-order valence-corrected chi connectivity index (χ0v) is 19.9. The zero-order valence-electron chi connectivity index (χ0n) is 19.9. The fourth-order valence-electron chi connectivity index (χ4n) is 5.12. The average Bonchev–Trinajstić information content (AvgIpc) is 3.24. The topological polar surface area (TPSA) is 54.1 Å². The Hall–Kier alpha value is -3.58. The van der Waals surface area contributed by atoms with Gasteiger partial charge in [-0.05, 0) is 71.8 Å². The molecule has 2 heterocycles. The van der Waals surface area contributed by atoms with E-state index in [-0.39, 0.29) is 29.5 Å². The molecule has 0 spiro atoms. The Kier molecular flexibility index (Phi) is 6.83. The lowest BCUT2D eigenvalue weighted by molar-refractivity contribution is -0.147. The Balaban J connectivity index is 1.31. The predicted octanol–water partition coefficient (Wildman–Crippen LogP) is 6.74. The summed E-state index contributed by atoms with van der Waals surface area (Å²) in [6.07, 6.45) is 2.52. The summed E-state index contributed by atoms with van der Waals surface area (Å²) in [5.41, 5.74) is 4.97. The third kappa shape index (κ3) is 5.02. The number of aromatic amines is 1. The van der Waals surface area contributed by atoms with Crippen LogP contribution in [0.4, 0.5) is 13.2 Å². The zero-order chi connectivity index (χ0) is 25.2. The number of carbonyl (C=O) groups excluding carboxylic acids is 1. The summed E-state index contributed by atoms with van der Waals surface area (Å²) in [5, 5.41) is 4.39. The third-order valence-corrected chi connectivity index (χ3v) is 6.84. The molecule has 186 valence electrons. The molecule has 4 nitrogen and oxygen atoms in total. The maximum atomic E-state index is 14.7. The molecule has 0 saturated carbocycles. The van der Waals surface area contributed by atoms with Crippen LogP contribution >= 0.6 is 0 Å². The minimum atomic E-state index is -0.428. The first-order valence-corrected chi connectivity index (χ1v) is 12.1. The first kappa shape index (κ1) is 24.1. The van der Waals surface area contributed by atoms with Crippen molar-refractivity contribution in [1.29, 1.82) is 0 Å². The molecule has 2 atom stereocenters. The van der Waals surface area contributed by atoms with Crippen molar-refractivity contribution < 1.29 is 22.7 Å². The highest BCUT2D eigenvalue weighted by molar-refractivity contribution is 5.99. The SMILES string of the molecule is CC(=O)OC(CCCC1Cc2[nH]c3c(F)ccc(-c4ccc(F)cc4)c3c2CN1)c1ccc(F)cc1. The van der Waals surface area contributed by atoms with Gasteiger partial charge in [0, 0.05) is 37.0 Å². The van der Waals surface area contributed by atoms with Crippen molar-refractivity contribution in [3.8, 4) is 11.1 Å². The lowest BCUT2D eigenvalue weighted by atomic mass is 9.93. The van der Waals surface area contributed by atoms with E-state index in [9.17, 15) is 18.0 Å². The van der Waals surface area contributed by atoms with Gasteiger partial charge in [-0.25, -0.2) is 13.2 Å². The molecule has 0 bridgehead atoms. The Morgan fingerprint density at radius 1 is 1.00 bits per heavy atom. The molecular weight excluding hydrogens is 465 g/mol. The van der Waals surface area contributed by atoms with E-state index >= 15 is 0 Å². The number of aromatic nitrogens is 1. The van der Waals surface area contributed by atoms with Crippen molar-refractivity contribution in [3.05, 3.63) is 94.9 Å². The lowest BCUT2D eigenvalue weighted by Crippen LogP contribution is -2.35. The van der Waals surface area contributed by atoms with Gasteiger partial charge in [-0.1, -0.05) is 30.3 Å². The molecule has 0 fully saturated rings. The molecule has 5 rings (SSSR count). The van der Waals surface area contributed by atoms with E-state index in [0.717, 1.165) is 46.2 Å². The van der Waals surface area contributed by atoms with Gasteiger partial charge in [0.2, 0.25) is 0 Å². The van der Waals surface area contributed by atoms with Gasteiger partial charge in [0.25, 0.3) is 0 Å². The van der Waals surface area contributed by atoms with Gasteiger partial charge in [-0.2, -0.15) is 0 Å². The molecule has 0 amide bonds. The van der Waals surface area contributed by atoms with E-state index in [2.05, 4.69) is 10.3 Å². The van der Waals surface area contributed by atoms with Crippen LogP contribution in [0.5, 0.6) is 0 Å². The van der Waals surface area contributed by atoms with Gasteiger partial charge in [0.15, 0.2) is 0 Å². The van der Waals surface area contributed by atoms with Gasteiger partial charge >= 0.3 is 5.97 Å². The Morgan fingerprint density at radius 3 is 2.39 bits per heavy atom. The molecule has 3 aromatic carbocycles. The highest BCUT2D eigenvalue weighted by Crippen LogP contribution is 2.37. The van der Waals surface area contributed by atoms with Crippen molar-refractivity contribution in [2.75, 3.05) is 0 Å². The molecule has 0 radical (unpaired) electrons. The number of fused-ring (bicyclic) bond motifs is 3. The van der Waals surface area contributed by atoms with Crippen LogP contribution in [0.25, 0.3) is 22.0 Å². The number of benzene rings is 3. The lowest BCUT2D eigenvalue weighted by Gasteiger charge is -2.25. The van der Waals surface area contributed by atoms with Gasteiger partial charge in [-0.3, -0.25) is 4.79 Å². The number of H-pyrrole nitrogens is 1. The fourth-order valence-corrected chi connectivity index (χ4v) is 5.12. The fraction of sp³-hybridized carbons (Fsp3) is 0.276. The molecule has 1 aliphatic heterocycles. The van der Waals surface area contributed by atoms with Crippen molar-refractivity contribution in [2.24, 2.45) is 0 Å². The summed E-state index contributed by atoms with van der Waals surface area (Å²) < 4.78 is 47.0. The normalized spacial score (nSPS) is 16.1. The quantitative estimate of drug-likeness (QED) is 0.281. The summed E-state index contributed by atoms with van der Waals surface area (Å²) in [4.78, 5) is 14.9. The molecule has 1 aliphatic rings. The second kappa shape index (κ2) is 10.2. The molecule has 36 heavy (non-hydrogen) atoms. The van der Waals surface area contributed by atoms with Gasteiger partial charge in [-0.15, -0.1) is 0 Å². The predicted molar refractivity (Wildman–Crippen MR) is 133 cm³/mol. The largest absolute Gasteiger partial charge is 0.458 e. The van der Waals surface area contributed by atoms with Crippen molar-refractivity contribution in [2.45, 2.75) is 51.3 Å². The van der Waals surface area contributed by atoms with Crippen molar-refractivity contribution in [3.63, 3.8) is 0 Å². The van der Waals surface area contributed by atoms with E-state index in [0.29, 0.717) is 24.9 Å². The molecular formula is C29H27F3N2O2. The van der Waals surface area contributed by atoms with Crippen LogP contribution in [0.2, 0.25) is 0 Å². The Morgan fingerprint density at radius 2 is 1.69 bits per heavy atom. The van der Waals surface area contributed by atoms with Crippen LogP contribution in [-0.4, -0.2) is 17.0 Å². The number of halogens is 3. The number of esters is 1. The van der Waals surface area contributed by atoms with E-state index in [4.69, 9.17) is 4.74 Å². The number of hydrogen-bond acceptors (Lipinski definition) is 3. The van der Waals surface area contributed by atoms with E-state index in [1.807, 2.05) is 0 Å². The number of hydrogen-bond donors (Lipinski definition) is 2. The van der Waals surface area contributed by atoms with Crippen LogP contribution in [0, 0.1) is 17.5 Å². The molecule has 2 N–H and O–H groups in total. The van der Waals surface area contributed by atoms with Crippen LogP contribution in [0.3, 0.4) is 0 Å². The third-order valence-electron chi connectivity index (χ3n) is 6.84. The smallest absolute Gasteiger partial charge is 0.303 e. The minimum absolute atomic E-state index is 0.175. The molecule has 4 aromatic rings. The average molecular weight is 493 g/mol. The highest BCUT2D eigenvalue weighted by atomic mass is 19.1. The summed E-state index contributed by atoms with van der Waals surface area (Å²) in [7, 11) is 0. The van der Waals surface area contributed by atoms with E-state index in [1.54, 1.807) is 30.3 Å². The highest BCUT2D eigenvalue weighted by Gasteiger charge is 2.25. The second-order valence-corrected chi connectivity index (χ2v) is 9.30. The molecule has 2 unspecified atom stereocenters. The van der Waals surface area contributed by atoms with E-state index < -0.39 is 6.10 Å². The summed E-state index contributed by atoms with van der Waals surface area (Å²) in [6, 6.07) is 15.6. The second-order valence-electron chi connectivity index (χ2n) is 9.30. The number of ether oxygens (including phenoxy) is 1. The maximum absolute atomic E-state index is 14.7. The summed E-state index contributed by atoms with van der Waals surface area (Å²) in [5.74, 6) is -1.33. The Labute approximate surface area is 207 Å².